The highest BCUT2D eigenvalue weighted by Gasteiger charge is 2.50. The van der Waals surface area contributed by atoms with Crippen molar-refractivity contribution < 1.29 is 27.6 Å². The van der Waals surface area contributed by atoms with E-state index in [9.17, 15) is 27.6 Å². The van der Waals surface area contributed by atoms with Gasteiger partial charge in [-0.3, -0.25) is 34.1 Å². The van der Waals surface area contributed by atoms with Crippen LogP contribution in [-0.2, 0) is 16.2 Å². The number of hydrogen-bond donors (Lipinski definition) is 0. The lowest BCUT2D eigenvalue weighted by atomic mass is 9.74. The van der Waals surface area contributed by atoms with Crippen molar-refractivity contribution >= 4 is 123 Å². The number of fused-ring (bicyclic) bond motifs is 6. The highest BCUT2D eigenvalue weighted by atomic mass is 35.5. The molecule has 6 aliphatic heterocycles. The standard InChI is InChI=1S/C36H35ClFN3OS.C36H36FN3OS.C34H30Cl2FN3OS/c1-24-6-7-27(25(2)19-24)5-4-16-40-17-14-36(15-18-40)23-41(35(42)28-20-26(3)39-34(37)21-28)33-13-12-31(22-32(33)36)43-30-10-8-29(38)9-11-30;1-25-6-7-28(26(2)21-25)5-4-18-39-19-15-36(16-20-39)24-40(35(41)29-14-17-38-27(3)22-29)34-13-12-32(23-33(34)36)42-31-10-8-30(37)9-11-31;1-23-4-5-24(19-30(23)35)3-2-16-39-17-13-34(14-18-39)22-40(33(41)25-12-15-38-32(36)20-25)31-11-10-28(21-29(31)34)42-27-8-6-26(37)7-9-27/h4-13,19-22H,14-18,23H2,1-3H3;4-14,17,21-23H,15-16,18-20,24H2,1-3H3;2-12,15,19-21H,13-14,16-18,22H2,1H3/b2*5-4+;3-2+. The molecule has 127 heavy (non-hydrogen) atoms. The van der Waals surface area contributed by atoms with Crippen LogP contribution in [0.15, 0.2) is 278 Å². The first-order valence-electron chi connectivity index (χ1n) is 43.2. The van der Waals surface area contributed by atoms with Crippen LogP contribution in [-0.4, -0.2) is 126 Å². The zero-order chi connectivity index (χ0) is 88.7. The molecule has 6 aliphatic rings. The van der Waals surface area contributed by atoms with Crippen LogP contribution < -0.4 is 14.7 Å². The predicted molar refractivity (Wildman–Crippen MR) is 515 cm³/mol. The average Bonchev–Trinajstić information content (AvgIpc) is 1.60. The van der Waals surface area contributed by atoms with Crippen LogP contribution in [0.4, 0.5) is 30.2 Å². The Kier molecular flexibility index (Phi) is 28.1. The number of pyridine rings is 3. The van der Waals surface area contributed by atoms with Crippen molar-refractivity contribution in [1.29, 1.82) is 0 Å². The first kappa shape index (κ1) is 90.0. The molecule has 0 unspecified atom stereocenters. The summed E-state index contributed by atoms with van der Waals surface area (Å²) in [5.74, 6) is -0.822. The minimum absolute atomic E-state index is 0.0244. The Morgan fingerprint density at radius 1 is 0.362 bits per heavy atom. The number of carbonyl (C=O) groups excluding carboxylic acids is 3. The zero-order valence-corrected chi connectivity index (χ0v) is 77.1. The summed E-state index contributed by atoms with van der Waals surface area (Å²) < 4.78 is 40.5. The fourth-order valence-electron chi connectivity index (χ4n) is 18.5. The van der Waals surface area contributed by atoms with Crippen LogP contribution in [0.25, 0.3) is 18.2 Å². The normalized spacial score (nSPS) is 16.3. The summed E-state index contributed by atoms with van der Waals surface area (Å²) in [6.07, 6.45) is 22.4. The summed E-state index contributed by atoms with van der Waals surface area (Å²) in [6.45, 7) is 24.7. The van der Waals surface area contributed by atoms with E-state index in [4.69, 9.17) is 34.8 Å². The number of amides is 3. The van der Waals surface area contributed by atoms with Gasteiger partial charge in [-0.05, 0) is 346 Å². The van der Waals surface area contributed by atoms with Gasteiger partial charge in [0, 0.05) is 147 Å². The molecule has 0 bridgehead atoms. The number of anilines is 3. The lowest BCUT2D eigenvalue weighted by molar-refractivity contribution is 0.0970. The van der Waals surface area contributed by atoms with Crippen LogP contribution in [0.5, 0.6) is 0 Å². The van der Waals surface area contributed by atoms with Gasteiger partial charge < -0.3 is 14.7 Å². The molecule has 0 atom stereocenters. The number of rotatable bonds is 18. The average molecular weight is 1810 g/mol. The van der Waals surface area contributed by atoms with Crippen LogP contribution in [0.2, 0.25) is 15.3 Å². The van der Waals surface area contributed by atoms with Crippen molar-refractivity contribution in [2.45, 2.75) is 133 Å². The van der Waals surface area contributed by atoms with Crippen molar-refractivity contribution in [3.05, 3.63) is 371 Å². The third kappa shape index (κ3) is 21.3. The zero-order valence-electron chi connectivity index (χ0n) is 72.4. The molecular weight excluding hydrogens is 1710 g/mol. The Balaban J connectivity index is 0.000000140. The lowest BCUT2D eigenvalue weighted by Crippen LogP contribution is -2.46. The lowest BCUT2D eigenvalue weighted by Gasteiger charge is -2.39. The van der Waals surface area contributed by atoms with Gasteiger partial charge in [-0.25, -0.2) is 23.1 Å². The largest absolute Gasteiger partial charge is 0.307 e. The molecule has 0 aliphatic carbocycles. The molecular formula is C106H101Cl3F3N9O3S3. The molecule has 18 rings (SSSR count). The van der Waals surface area contributed by atoms with Crippen LogP contribution >= 0.6 is 70.1 Å². The molecule has 3 aromatic heterocycles. The second kappa shape index (κ2) is 39.7. The van der Waals surface area contributed by atoms with E-state index in [2.05, 4.69) is 185 Å². The first-order valence-corrected chi connectivity index (χ1v) is 46.8. The second-order valence-electron chi connectivity index (χ2n) is 34.4. The number of aryl methyl sites for hydroxylation is 7. The number of piperidine rings is 3. The number of aromatic nitrogens is 3. The fourth-order valence-corrected chi connectivity index (χ4v) is 21.7. The summed E-state index contributed by atoms with van der Waals surface area (Å²) in [4.78, 5) is 73.6. The molecule has 9 aromatic carbocycles. The molecule has 0 N–H and O–H groups in total. The molecule has 21 heteroatoms. The minimum atomic E-state index is -0.248. The third-order valence-electron chi connectivity index (χ3n) is 25.5. The van der Waals surface area contributed by atoms with E-state index in [1.807, 2.05) is 84.0 Å². The van der Waals surface area contributed by atoms with E-state index in [0.29, 0.717) is 46.6 Å². The summed E-state index contributed by atoms with van der Waals surface area (Å²) in [6, 6.07) is 68.7. The Morgan fingerprint density at radius 3 is 1.10 bits per heavy atom. The van der Waals surface area contributed by atoms with Gasteiger partial charge in [-0.2, -0.15) is 0 Å². The highest BCUT2D eigenvalue weighted by molar-refractivity contribution is 7.99. The molecule has 0 radical (unpaired) electrons. The van der Waals surface area contributed by atoms with Crippen molar-refractivity contribution in [3.8, 4) is 0 Å². The number of likely N-dealkylation sites (tertiary alicyclic amines) is 3. The number of halogens is 6. The Morgan fingerprint density at radius 2 is 0.724 bits per heavy atom. The Hall–Kier alpha value is -10.4. The van der Waals surface area contributed by atoms with Crippen molar-refractivity contribution in [1.82, 2.24) is 29.7 Å². The molecule has 0 saturated carbocycles. The van der Waals surface area contributed by atoms with Gasteiger partial charge in [0.25, 0.3) is 17.7 Å². The smallest absolute Gasteiger partial charge is 0.258 e. The molecule has 9 heterocycles. The Bertz CT molecular complexity index is 6150. The monoisotopic (exact) mass is 1810 g/mol. The number of benzene rings is 9. The number of hydrogen-bond acceptors (Lipinski definition) is 12. The maximum Gasteiger partial charge on any atom is 0.258 e. The van der Waals surface area contributed by atoms with E-state index in [1.165, 1.54) is 86.5 Å². The van der Waals surface area contributed by atoms with Crippen LogP contribution in [0.1, 0.15) is 142 Å². The van der Waals surface area contributed by atoms with Gasteiger partial charge in [0.2, 0.25) is 0 Å². The summed E-state index contributed by atoms with van der Waals surface area (Å²) >= 11 is 23.5. The van der Waals surface area contributed by atoms with Gasteiger partial charge in [-0.1, -0.05) is 166 Å². The first-order chi connectivity index (χ1) is 61.3. The van der Waals surface area contributed by atoms with E-state index in [0.717, 1.165) is 171 Å². The minimum Gasteiger partial charge on any atom is -0.307 e. The van der Waals surface area contributed by atoms with Gasteiger partial charge >= 0.3 is 0 Å². The van der Waals surface area contributed by atoms with E-state index >= 15 is 0 Å². The predicted octanol–water partition coefficient (Wildman–Crippen LogP) is 25.4. The van der Waals surface area contributed by atoms with E-state index in [-0.39, 0.29) is 51.4 Å². The Labute approximate surface area is 771 Å². The number of carbonyl (C=O) groups is 3. The quantitative estimate of drug-likeness (QED) is 0.0763. The topological polar surface area (TPSA) is 109 Å². The SMILES string of the molecule is Cc1ccc(/C=C/CN2CCC3(CC2)CN(C(=O)c2cc(C)nc(Cl)c2)c2ccc(Sc4ccc(F)cc4)cc23)c(C)c1.Cc1ccc(/C=C/CN2CCC3(CC2)CN(C(=O)c2ccnc(C)c2)c2ccc(Sc4ccc(F)cc4)cc23)c(C)c1.Cc1ccc(/C=C/CN2CCC3(CC2)CN(C(=O)c2ccnc(Cl)c2)c2ccc(Sc4ccc(F)cc4)cc23)cc1Cl. The maximum absolute atomic E-state index is 13.9. The van der Waals surface area contributed by atoms with Crippen LogP contribution in [0, 0.1) is 65.9 Å². The molecule has 3 amide bonds. The molecule has 12 aromatic rings. The maximum atomic E-state index is 13.9. The molecule has 648 valence electrons. The summed E-state index contributed by atoms with van der Waals surface area (Å²) in [5.41, 5.74) is 19.4. The molecule has 3 spiro atoms. The summed E-state index contributed by atoms with van der Waals surface area (Å²) in [5, 5.41) is 1.41. The van der Waals surface area contributed by atoms with E-state index in [1.54, 1.807) is 90.1 Å². The molecule has 12 nitrogen and oxygen atoms in total. The van der Waals surface area contributed by atoms with Gasteiger partial charge in [0.15, 0.2) is 0 Å². The summed E-state index contributed by atoms with van der Waals surface area (Å²) in [7, 11) is 0. The third-order valence-corrected chi connectivity index (χ3v) is 29.3. The number of nitrogens with zero attached hydrogens (tertiary/aromatic N) is 9. The highest BCUT2D eigenvalue weighted by Crippen LogP contribution is 2.53. The van der Waals surface area contributed by atoms with E-state index < -0.39 is 0 Å². The molecule has 3 saturated heterocycles. The fraction of sp³-hybridized carbons (Fsp3) is 0.264. The van der Waals surface area contributed by atoms with Gasteiger partial charge in [-0.15, -0.1) is 0 Å². The van der Waals surface area contributed by atoms with Gasteiger partial charge in [0.05, 0.1) is 0 Å². The van der Waals surface area contributed by atoms with Crippen molar-refractivity contribution in [3.63, 3.8) is 0 Å². The van der Waals surface area contributed by atoms with Crippen molar-refractivity contribution in [2.75, 3.05) is 93.2 Å². The molecule has 3 fully saturated rings. The second-order valence-corrected chi connectivity index (χ2v) is 39.1. The van der Waals surface area contributed by atoms with Crippen molar-refractivity contribution in [2.24, 2.45) is 0 Å². The van der Waals surface area contributed by atoms with Gasteiger partial charge in [0.1, 0.15) is 27.8 Å². The van der Waals surface area contributed by atoms with Crippen LogP contribution in [0.3, 0.4) is 0 Å².